The van der Waals surface area contributed by atoms with Gasteiger partial charge in [0.1, 0.15) is 0 Å². The smallest absolute Gasteiger partial charge is 0.272 e. The molecule has 128 valence electrons. The molecule has 1 aliphatic rings. The maximum atomic E-state index is 12.1. The second-order valence-corrected chi connectivity index (χ2v) is 9.14. The molecular weight excluding hydrogens is 369 g/mol. The molecule has 1 atom stereocenters. The maximum absolute atomic E-state index is 12.1. The summed E-state index contributed by atoms with van der Waals surface area (Å²) in [7, 11) is 0. The molecule has 1 N–H and O–H groups in total. The van der Waals surface area contributed by atoms with Gasteiger partial charge in [0, 0.05) is 5.56 Å². The van der Waals surface area contributed by atoms with Crippen molar-refractivity contribution in [2.75, 3.05) is 0 Å². The van der Waals surface area contributed by atoms with Gasteiger partial charge < -0.3 is 5.32 Å². The van der Waals surface area contributed by atoms with Crippen LogP contribution in [0, 0.1) is 5.41 Å². The van der Waals surface area contributed by atoms with Gasteiger partial charge in [-0.05, 0) is 30.4 Å². The Morgan fingerprint density at radius 1 is 1.29 bits per heavy atom. The molecule has 1 aromatic heterocycles. The van der Waals surface area contributed by atoms with Crippen LogP contribution in [0.2, 0.25) is 0 Å². The second kappa shape index (κ2) is 6.25. The van der Waals surface area contributed by atoms with Crippen LogP contribution in [0.5, 0.6) is 0 Å². The van der Waals surface area contributed by atoms with E-state index in [0.29, 0.717) is 0 Å². The molecule has 4 nitrogen and oxygen atoms in total. The minimum absolute atomic E-state index is 0.00882. The largest absolute Gasteiger partial charge is 0.345 e. The summed E-state index contributed by atoms with van der Waals surface area (Å²) < 4.78 is -0.0537. The van der Waals surface area contributed by atoms with Gasteiger partial charge in [-0.15, -0.1) is 0 Å². The van der Waals surface area contributed by atoms with Gasteiger partial charge in [-0.1, -0.05) is 66.8 Å². The van der Waals surface area contributed by atoms with Crippen molar-refractivity contribution in [3.8, 4) is 5.69 Å². The Labute approximate surface area is 156 Å². The molecule has 0 saturated heterocycles. The zero-order valence-corrected chi connectivity index (χ0v) is 15.7. The molecule has 1 unspecified atom stereocenters. The summed E-state index contributed by atoms with van der Waals surface area (Å²) in [5, 5.41) is 7.37. The fraction of sp³-hybridized carbons (Fsp3) is 0.412. The summed E-state index contributed by atoms with van der Waals surface area (Å²) >= 11 is 17.1. The summed E-state index contributed by atoms with van der Waals surface area (Å²) in [6.45, 7) is 4.32. The topological polar surface area (TPSA) is 46.9 Å². The quantitative estimate of drug-likeness (QED) is 0.779. The molecule has 0 fully saturated rings. The van der Waals surface area contributed by atoms with Crippen LogP contribution in [0.4, 0.5) is 0 Å². The van der Waals surface area contributed by atoms with Gasteiger partial charge in [0.05, 0.1) is 23.6 Å². The predicted molar refractivity (Wildman–Crippen MR) is 96.8 cm³/mol. The third-order valence-electron chi connectivity index (χ3n) is 4.24. The number of nitrogens with one attached hydrogen (secondary N) is 1. The van der Waals surface area contributed by atoms with Crippen molar-refractivity contribution in [1.82, 2.24) is 15.1 Å². The summed E-state index contributed by atoms with van der Waals surface area (Å²) in [4.78, 5) is 12.1. The molecule has 1 aromatic carbocycles. The molecule has 3 rings (SSSR count). The Hall–Kier alpha value is -1.23. The van der Waals surface area contributed by atoms with Gasteiger partial charge in [0.25, 0.3) is 9.70 Å². The number of benzene rings is 1. The number of alkyl halides is 3. The molecule has 1 aliphatic carbocycles. The summed E-state index contributed by atoms with van der Waals surface area (Å²) in [5.41, 5.74) is 3.03. The number of hydrogen-bond donors (Lipinski definition) is 1. The lowest BCUT2D eigenvalue weighted by Crippen LogP contribution is -2.41. The van der Waals surface area contributed by atoms with Crippen LogP contribution < -0.4 is 5.32 Å². The second-order valence-electron chi connectivity index (χ2n) is 6.86. The van der Waals surface area contributed by atoms with Crippen LogP contribution >= 0.6 is 34.8 Å². The van der Waals surface area contributed by atoms with Crippen LogP contribution in [0.25, 0.3) is 5.69 Å². The van der Waals surface area contributed by atoms with Crippen LogP contribution in [0.15, 0.2) is 36.5 Å². The van der Waals surface area contributed by atoms with Crippen LogP contribution in [-0.2, 0) is 11.2 Å². The van der Waals surface area contributed by atoms with Crippen molar-refractivity contribution in [2.45, 2.75) is 36.5 Å². The van der Waals surface area contributed by atoms with Crippen LogP contribution in [0.3, 0.4) is 0 Å². The fourth-order valence-electron chi connectivity index (χ4n) is 3.20. The van der Waals surface area contributed by atoms with E-state index in [-0.39, 0.29) is 11.5 Å². The number of nitrogens with zero attached hydrogens (tertiary/aromatic N) is 2. The van der Waals surface area contributed by atoms with Crippen molar-refractivity contribution in [3.05, 3.63) is 47.8 Å². The lowest BCUT2D eigenvalue weighted by molar-refractivity contribution is -0.121. The van der Waals surface area contributed by atoms with E-state index in [2.05, 4.69) is 24.3 Å². The molecule has 24 heavy (non-hydrogen) atoms. The lowest BCUT2D eigenvalue weighted by atomic mass is 9.74. The Morgan fingerprint density at radius 2 is 1.96 bits per heavy atom. The van der Waals surface area contributed by atoms with Gasteiger partial charge >= 0.3 is 0 Å². The number of carbonyl (C=O) groups excluding carboxylic acids is 1. The van der Waals surface area contributed by atoms with Gasteiger partial charge in [-0.3, -0.25) is 4.79 Å². The van der Waals surface area contributed by atoms with Gasteiger partial charge in [0.2, 0.25) is 0 Å². The normalized spacial score (nSPS) is 19.6. The summed E-state index contributed by atoms with van der Waals surface area (Å²) in [6, 6.07) is 9.68. The van der Waals surface area contributed by atoms with E-state index >= 15 is 0 Å². The highest BCUT2D eigenvalue weighted by atomic mass is 35.6. The lowest BCUT2D eigenvalue weighted by Gasteiger charge is -2.36. The van der Waals surface area contributed by atoms with Crippen molar-refractivity contribution >= 4 is 40.7 Å². The van der Waals surface area contributed by atoms with E-state index in [9.17, 15) is 4.79 Å². The molecule has 2 aromatic rings. The Kier molecular flexibility index (Phi) is 4.58. The number of para-hydroxylation sites is 1. The molecule has 1 heterocycles. The molecule has 0 aliphatic heterocycles. The average molecular weight is 387 g/mol. The first-order valence-electron chi connectivity index (χ1n) is 7.67. The number of aromatic nitrogens is 2. The summed E-state index contributed by atoms with van der Waals surface area (Å²) in [6.07, 6.45) is 3.41. The van der Waals surface area contributed by atoms with Crippen molar-refractivity contribution in [3.63, 3.8) is 0 Å². The van der Waals surface area contributed by atoms with E-state index in [1.807, 2.05) is 35.0 Å². The fourth-order valence-corrected chi connectivity index (χ4v) is 3.37. The van der Waals surface area contributed by atoms with E-state index in [0.717, 1.165) is 29.8 Å². The average Bonchev–Trinajstić information content (AvgIpc) is 2.89. The van der Waals surface area contributed by atoms with E-state index in [4.69, 9.17) is 34.8 Å². The van der Waals surface area contributed by atoms with Crippen molar-refractivity contribution in [2.24, 2.45) is 5.41 Å². The first-order chi connectivity index (χ1) is 11.2. The van der Waals surface area contributed by atoms with Crippen LogP contribution in [0.1, 0.15) is 37.6 Å². The highest BCUT2D eigenvalue weighted by Crippen LogP contribution is 2.42. The Morgan fingerprint density at radius 3 is 2.58 bits per heavy atom. The zero-order chi connectivity index (χ0) is 17.5. The van der Waals surface area contributed by atoms with Crippen LogP contribution in [-0.4, -0.2) is 19.5 Å². The standard InChI is InChI=1S/C17H18Cl3N3O/c1-16(2)8-13(22-15(24)17(18,19)20)12-10-21-23(14(12)9-16)11-6-4-3-5-7-11/h3-7,10,13H,8-9H2,1-2H3,(H,22,24). The number of fused-ring (bicyclic) bond motifs is 1. The Bertz CT molecular complexity index is 750. The molecule has 0 bridgehead atoms. The van der Waals surface area contributed by atoms with Gasteiger partial charge in [0.15, 0.2) is 0 Å². The molecule has 7 heteroatoms. The highest BCUT2D eigenvalue weighted by molar-refractivity contribution is 6.76. The highest BCUT2D eigenvalue weighted by Gasteiger charge is 2.39. The van der Waals surface area contributed by atoms with Crippen molar-refractivity contribution < 1.29 is 4.79 Å². The first-order valence-corrected chi connectivity index (χ1v) is 8.81. The van der Waals surface area contributed by atoms with Gasteiger partial charge in [-0.25, -0.2) is 4.68 Å². The monoisotopic (exact) mass is 385 g/mol. The minimum atomic E-state index is -1.98. The molecule has 0 radical (unpaired) electrons. The molecule has 1 amide bonds. The number of halogens is 3. The minimum Gasteiger partial charge on any atom is -0.345 e. The number of rotatable bonds is 2. The molecular formula is C17H18Cl3N3O. The maximum Gasteiger partial charge on any atom is 0.272 e. The third-order valence-corrected chi connectivity index (χ3v) is 4.76. The van der Waals surface area contributed by atoms with E-state index in [1.165, 1.54) is 0 Å². The van der Waals surface area contributed by atoms with E-state index < -0.39 is 9.70 Å². The SMILES string of the molecule is CC1(C)Cc2c(cnn2-c2ccccc2)C(NC(=O)C(Cl)(Cl)Cl)C1. The molecule has 0 saturated carbocycles. The third kappa shape index (κ3) is 3.56. The van der Waals surface area contributed by atoms with Crippen molar-refractivity contribution in [1.29, 1.82) is 0 Å². The Balaban J connectivity index is 1.99. The predicted octanol–water partition coefficient (Wildman–Crippen LogP) is 4.37. The number of hydrogen-bond acceptors (Lipinski definition) is 2. The first kappa shape index (κ1) is 17.6. The number of amides is 1. The molecule has 0 spiro atoms. The summed E-state index contributed by atoms with van der Waals surface area (Å²) in [5.74, 6) is -0.617. The van der Waals surface area contributed by atoms with E-state index in [1.54, 1.807) is 6.20 Å². The van der Waals surface area contributed by atoms with Gasteiger partial charge in [-0.2, -0.15) is 5.10 Å². The number of carbonyl (C=O) groups is 1. The zero-order valence-electron chi connectivity index (χ0n) is 13.4.